The van der Waals surface area contributed by atoms with E-state index in [1.54, 1.807) is 13.8 Å². The number of hydrogen-bond acceptors (Lipinski definition) is 4. The maximum Gasteiger partial charge on any atom is 0.320 e. The van der Waals surface area contributed by atoms with E-state index in [1.807, 2.05) is 0 Å². The molecule has 0 atom stereocenters. The van der Waals surface area contributed by atoms with Gasteiger partial charge < -0.3 is 9.47 Å². The summed E-state index contributed by atoms with van der Waals surface area (Å²) < 4.78 is 10.0. The van der Waals surface area contributed by atoms with E-state index in [0.717, 1.165) is 12.8 Å². The molecule has 0 amide bonds. The molecule has 0 aromatic rings. The molecule has 4 heteroatoms. The van der Waals surface area contributed by atoms with Crippen molar-refractivity contribution in [1.82, 2.24) is 0 Å². The molecule has 29 heavy (non-hydrogen) atoms. The molecule has 4 nitrogen and oxygen atoms in total. The van der Waals surface area contributed by atoms with E-state index in [4.69, 9.17) is 9.47 Å². The first-order valence-corrected chi connectivity index (χ1v) is 12.5. The normalized spacial score (nSPS) is 11.0. The van der Waals surface area contributed by atoms with E-state index in [9.17, 15) is 9.59 Å². The first kappa shape index (κ1) is 27.9. The standard InChI is InChI=1S/C25H48O4/c1-4-7-8-9-10-11-12-13-14-15-16-17-18-19-20-21-22-23(24(26)28-5-2)25(27)29-6-3/h23H,4-22H2,1-3H3. The minimum Gasteiger partial charge on any atom is -0.465 e. The summed E-state index contributed by atoms with van der Waals surface area (Å²) in [6, 6.07) is 0. The van der Waals surface area contributed by atoms with Crippen LogP contribution in [-0.2, 0) is 19.1 Å². The number of unbranched alkanes of at least 4 members (excludes halogenated alkanes) is 15. The Balaban J connectivity index is 3.52. The van der Waals surface area contributed by atoms with Crippen LogP contribution in [-0.4, -0.2) is 25.2 Å². The zero-order chi connectivity index (χ0) is 21.6. The van der Waals surface area contributed by atoms with Gasteiger partial charge in [0.25, 0.3) is 0 Å². The van der Waals surface area contributed by atoms with Crippen LogP contribution in [0.1, 0.15) is 130 Å². The van der Waals surface area contributed by atoms with Crippen LogP contribution in [0.4, 0.5) is 0 Å². The molecule has 0 bridgehead atoms. The molecule has 0 aliphatic carbocycles. The zero-order valence-electron chi connectivity index (χ0n) is 19.6. The van der Waals surface area contributed by atoms with Gasteiger partial charge in [0.1, 0.15) is 0 Å². The highest BCUT2D eigenvalue weighted by molar-refractivity contribution is 5.94. The van der Waals surface area contributed by atoms with Gasteiger partial charge >= 0.3 is 11.9 Å². The Morgan fingerprint density at radius 1 is 0.517 bits per heavy atom. The predicted molar refractivity (Wildman–Crippen MR) is 121 cm³/mol. The van der Waals surface area contributed by atoms with Crippen molar-refractivity contribution in [2.24, 2.45) is 5.92 Å². The van der Waals surface area contributed by atoms with Crippen LogP contribution < -0.4 is 0 Å². The second kappa shape index (κ2) is 21.6. The second-order valence-corrected chi connectivity index (χ2v) is 8.15. The van der Waals surface area contributed by atoms with Crippen LogP contribution in [0.2, 0.25) is 0 Å². The molecule has 0 aromatic carbocycles. The van der Waals surface area contributed by atoms with Crippen molar-refractivity contribution in [1.29, 1.82) is 0 Å². The van der Waals surface area contributed by atoms with E-state index in [2.05, 4.69) is 6.92 Å². The topological polar surface area (TPSA) is 52.6 Å². The molecule has 0 spiro atoms. The van der Waals surface area contributed by atoms with Gasteiger partial charge in [0.15, 0.2) is 5.92 Å². The Labute approximate surface area is 180 Å². The molecule has 0 radical (unpaired) electrons. The number of carbonyl (C=O) groups is 2. The first-order valence-electron chi connectivity index (χ1n) is 12.5. The Kier molecular flexibility index (Phi) is 20.9. The van der Waals surface area contributed by atoms with E-state index < -0.39 is 17.9 Å². The summed E-state index contributed by atoms with van der Waals surface area (Å²) in [4.78, 5) is 23.9. The first-order chi connectivity index (χ1) is 14.2. The van der Waals surface area contributed by atoms with Crippen LogP contribution in [0.3, 0.4) is 0 Å². The highest BCUT2D eigenvalue weighted by Crippen LogP contribution is 2.17. The van der Waals surface area contributed by atoms with E-state index in [0.29, 0.717) is 19.6 Å². The Hall–Kier alpha value is -1.06. The van der Waals surface area contributed by atoms with Gasteiger partial charge in [-0.15, -0.1) is 0 Å². The van der Waals surface area contributed by atoms with Gasteiger partial charge in [-0.25, -0.2) is 0 Å². The van der Waals surface area contributed by atoms with E-state index >= 15 is 0 Å². The summed E-state index contributed by atoms with van der Waals surface area (Å²) in [6.07, 6.45) is 21.5. The third kappa shape index (κ3) is 17.5. The maximum absolute atomic E-state index is 11.9. The highest BCUT2D eigenvalue weighted by atomic mass is 16.6. The van der Waals surface area contributed by atoms with Gasteiger partial charge in [-0.2, -0.15) is 0 Å². The van der Waals surface area contributed by atoms with Crippen molar-refractivity contribution in [3.05, 3.63) is 0 Å². The van der Waals surface area contributed by atoms with Crippen molar-refractivity contribution >= 4 is 11.9 Å². The summed E-state index contributed by atoms with van der Waals surface area (Å²) in [5.74, 6) is -1.62. The largest absolute Gasteiger partial charge is 0.465 e. The lowest BCUT2D eigenvalue weighted by Gasteiger charge is -2.14. The molecule has 0 heterocycles. The van der Waals surface area contributed by atoms with Crippen molar-refractivity contribution in [2.75, 3.05) is 13.2 Å². The molecule has 0 aliphatic heterocycles. The average Bonchev–Trinajstić information content (AvgIpc) is 2.70. The maximum atomic E-state index is 11.9. The second-order valence-electron chi connectivity index (χ2n) is 8.15. The van der Waals surface area contributed by atoms with Crippen LogP contribution in [0.5, 0.6) is 0 Å². The third-order valence-electron chi connectivity index (χ3n) is 5.49. The number of hydrogen-bond donors (Lipinski definition) is 0. The molecule has 0 saturated heterocycles. The smallest absolute Gasteiger partial charge is 0.320 e. The Morgan fingerprint density at radius 3 is 1.14 bits per heavy atom. The quantitative estimate of drug-likeness (QED) is 0.112. The predicted octanol–water partition coefficient (Wildman–Crippen LogP) is 7.38. The fourth-order valence-corrected chi connectivity index (χ4v) is 3.71. The van der Waals surface area contributed by atoms with Gasteiger partial charge in [0.05, 0.1) is 13.2 Å². The number of rotatable bonds is 21. The monoisotopic (exact) mass is 412 g/mol. The minimum atomic E-state index is -0.749. The Bertz CT molecular complexity index is 363. The van der Waals surface area contributed by atoms with Gasteiger partial charge in [-0.3, -0.25) is 9.59 Å². The van der Waals surface area contributed by atoms with Crippen molar-refractivity contribution < 1.29 is 19.1 Å². The van der Waals surface area contributed by atoms with Gasteiger partial charge in [-0.05, 0) is 20.3 Å². The molecular formula is C25H48O4. The summed E-state index contributed by atoms with van der Waals surface area (Å²) in [6.45, 7) is 6.39. The molecule has 0 rings (SSSR count). The van der Waals surface area contributed by atoms with Crippen molar-refractivity contribution in [2.45, 2.75) is 130 Å². The van der Waals surface area contributed by atoms with Gasteiger partial charge in [0, 0.05) is 0 Å². The summed E-state index contributed by atoms with van der Waals surface area (Å²) in [5, 5.41) is 0. The Morgan fingerprint density at radius 2 is 0.828 bits per heavy atom. The van der Waals surface area contributed by atoms with E-state index in [1.165, 1.54) is 89.9 Å². The lowest BCUT2D eigenvalue weighted by Crippen LogP contribution is -2.28. The molecule has 0 aromatic heterocycles. The SMILES string of the molecule is CCCCCCCCCCCCCCCCCCC(C(=O)OCC)C(=O)OCC. The molecule has 0 fully saturated rings. The van der Waals surface area contributed by atoms with Crippen molar-refractivity contribution in [3.63, 3.8) is 0 Å². The molecule has 0 aliphatic rings. The molecule has 0 unspecified atom stereocenters. The summed E-state index contributed by atoms with van der Waals surface area (Å²) in [7, 11) is 0. The van der Waals surface area contributed by atoms with Gasteiger partial charge in [-0.1, -0.05) is 110 Å². The zero-order valence-corrected chi connectivity index (χ0v) is 19.6. The molecular weight excluding hydrogens is 364 g/mol. The lowest BCUT2D eigenvalue weighted by atomic mass is 9.99. The van der Waals surface area contributed by atoms with Crippen LogP contribution in [0, 0.1) is 5.92 Å². The number of ether oxygens (including phenoxy) is 2. The molecule has 0 N–H and O–H groups in total. The highest BCUT2D eigenvalue weighted by Gasteiger charge is 2.28. The summed E-state index contributed by atoms with van der Waals surface area (Å²) in [5.41, 5.74) is 0. The lowest BCUT2D eigenvalue weighted by molar-refractivity contribution is -0.161. The molecule has 172 valence electrons. The van der Waals surface area contributed by atoms with Crippen LogP contribution in [0.15, 0.2) is 0 Å². The third-order valence-corrected chi connectivity index (χ3v) is 5.49. The van der Waals surface area contributed by atoms with Crippen LogP contribution >= 0.6 is 0 Å². The minimum absolute atomic E-state index is 0.299. The number of esters is 2. The fraction of sp³-hybridized carbons (Fsp3) is 0.920. The fourth-order valence-electron chi connectivity index (χ4n) is 3.71. The van der Waals surface area contributed by atoms with E-state index in [-0.39, 0.29) is 0 Å². The summed E-state index contributed by atoms with van der Waals surface area (Å²) >= 11 is 0. The van der Waals surface area contributed by atoms with Gasteiger partial charge in [0.2, 0.25) is 0 Å². The average molecular weight is 413 g/mol. The molecule has 0 saturated carbocycles. The van der Waals surface area contributed by atoms with Crippen LogP contribution in [0.25, 0.3) is 0 Å². The number of carbonyl (C=O) groups excluding carboxylic acids is 2. The van der Waals surface area contributed by atoms with Crippen molar-refractivity contribution in [3.8, 4) is 0 Å².